The first kappa shape index (κ1) is 23.3. The van der Waals surface area contributed by atoms with Gasteiger partial charge in [-0.1, -0.05) is 32.9 Å². The monoisotopic (exact) mass is 395 g/mol. The molecule has 0 saturated heterocycles. The number of non-ortho nitro benzene ring substituents is 1. The van der Waals surface area contributed by atoms with Gasteiger partial charge in [-0.2, -0.15) is 0 Å². The SMILES string of the molecule is CC(C)(C)[Si](C)(C)OCCC[C@](C)(O)/C=C/COc1cccc([N+](=O)[O-])c1. The first-order valence-corrected chi connectivity index (χ1v) is 12.2. The zero-order valence-electron chi connectivity index (χ0n) is 17.3. The predicted molar refractivity (Wildman–Crippen MR) is 111 cm³/mol. The standard InChI is InChI=1S/C20H33NO5Si/c1-19(2,3)27(5,6)26-15-9-13-20(4,22)12-8-14-25-18-11-7-10-17(16-18)21(23)24/h7-8,10-12,16,22H,9,13-15H2,1-6H3/b12-8+/t20-/m1/s1. The van der Waals surface area contributed by atoms with Crippen LogP contribution >= 0.6 is 0 Å². The molecule has 0 bridgehead atoms. The van der Waals surface area contributed by atoms with Gasteiger partial charge in [0.05, 0.1) is 16.6 Å². The van der Waals surface area contributed by atoms with Gasteiger partial charge in [0, 0.05) is 12.7 Å². The largest absolute Gasteiger partial charge is 0.489 e. The van der Waals surface area contributed by atoms with Gasteiger partial charge in [-0.3, -0.25) is 10.1 Å². The Kier molecular flexibility index (Phi) is 8.19. The van der Waals surface area contributed by atoms with Gasteiger partial charge < -0.3 is 14.3 Å². The molecule has 0 aliphatic carbocycles. The molecule has 27 heavy (non-hydrogen) atoms. The van der Waals surface area contributed by atoms with E-state index < -0.39 is 18.8 Å². The maximum absolute atomic E-state index is 10.8. The van der Waals surface area contributed by atoms with Gasteiger partial charge >= 0.3 is 0 Å². The molecule has 1 atom stereocenters. The van der Waals surface area contributed by atoms with Crippen molar-refractivity contribution < 1.29 is 19.2 Å². The van der Waals surface area contributed by atoms with Crippen LogP contribution in [0.1, 0.15) is 40.5 Å². The number of benzene rings is 1. The Morgan fingerprint density at radius 3 is 2.52 bits per heavy atom. The summed E-state index contributed by atoms with van der Waals surface area (Å²) >= 11 is 0. The second kappa shape index (κ2) is 9.48. The summed E-state index contributed by atoms with van der Waals surface area (Å²) in [7, 11) is -1.75. The van der Waals surface area contributed by atoms with Gasteiger partial charge in [0.25, 0.3) is 5.69 Å². The molecule has 0 aliphatic heterocycles. The Balaban J connectivity index is 2.40. The van der Waals surface area contributed by atoms with Crippen molar-refractivity contribution in [3.8, 4) is 5.75 Å². The lowest BCUT2D eigenvalue weighted by molar-refractivity contribution is -0.384. The summed E-state index contributed by atoms with van der Waals surface area (Å²) in [5.74, 6) is 0.427. The van der Waals surface area contributed by atoms with Crippen LogP contribution in [0.5, 0.6) is 5.75 Å². The van der Waals surface area contributed by atoms with Gasteiger partial charge in [0.2, 0.25) is 0 Å². The van der Waals surface area contributed by atoms with E-state index in [1.165, 1.54) is 12.1 Å². The highest BCUT2D eigenvalue weighted by atomic mass is 28.4. The molecule has 6 nitrogen and oxygen atoms in total. The van der Waals surface area contributed by atoms with E-state index >= 15 is 0 Å². The highest BCUT2D eigenvalue weighted by molar-refractivity contribution is 6.74. The van der Waals surface area contributed by atoms with Gasteiger partial charge in [-0.05, 0) is 50.0 Å². The molecule has 0 radical (unpaired) electrons. The fourth-order valence-electron chi connectivity index (χ4n) is 2.19. The quantitative estimate of drug-likeness (QED) is 0.196. The molecule has 1 aromatic rings. The van der Waals surface area contributed by atoms with E-state index in [2.05, 4.69) is 33.9 Å². The molecule has 7 heteroatoms. The molecule has 0 fully saturated rings. The summed E-state index contributed by atoms with van der Waals surface area (Å²) in [5.41, 5.74) is -0.951. The number of ether oxygens (including phenoxy) is 1. The zero-order valence-corrected chi connectivity index (χ0v) is 18.3. The molecule has 0 amide bonds. The fourth-order valence-corrected chi connectivity index (χ4v) is 3.28. The molecular weight excluding hydrogens is 362 g/mol. The van der Waals surface area contributed by atoms with Crippen molar-refractivity contribution >= 4 is 14.0 Å². The third-order valence-corrected chi connectivity index (χ3v) is 9.49. The second-order valence-corrected chi connectivity index (χ2v) is 13.3. The van der Waals surface area contributed by atoms with Crippen molar-refractivity contribution in [3.63, 3.8) is 0 Å². The van der Waals surface area contributed by atoms with Crippen LogP contribution in [0, 0.1) is 10.1 Å². The Labute approximate surface area is 163 Å². The number of nitro benzene ring substituents is 1. The van der Waals surface area contributed by atoms with Crippen molar-refractivity contribution in [1.29, 1.82) is 0 Å². The number of nitro groups is 1. The topological polar surface area (TPSA) is 81.8 Å². The molecule has 1 N–H and O–H groups in total. The van der Waals surface area contributed by atoms with E-state index in [4.69, 9.17) is 9.16 Å². The molecule has 0 unspecified atom stereocenters. The van der Waals surface area contributed by atoms with E-state index in [1.807, 2.05) is 0 Å². The van der Waals surface area contributed by atoms with Crippen molar-refractivity contribution in [2.75, 3.05) is 13.2 Å². The van der Waals surface area contributed by atoms with Crippen molar-refractivity contribution in [2.24, 2.45) is 0 Å². The lowest BCUT2D eigenvalue weighted by atomic mass is 10.00. The predicted octanol–water partition coefficient (Wildman–Crippen LogP) is 5.08. The average molecular weight is 396 g/mol. The third kappa shape index (κ3) is 8.24. The van der Waals surface area contributed by atoms with E-state index in [0.29, 0.717) is 18.8 Å². The van der Waals surface area contributed by atoms with Crippen LogP contribution in [0.2, 0.25) is 18.1 Å². The van der Waals surface area contributed by atoms with Crippen molar-refractivity contribution in [3.05, 3.63) is 46.5 Å². The minimum absolute atomic E-state index is 0.00907. The van der Waals surface area contributed by atoms with Crippen LogP contribution in [0.3, 0.4) is 0 Å². The van der Waals surface area contributed by atoms with Gasteiger partial charge in [-0.15, -0.1) is 0 Å². The number of nitrogens with zero attached hydrogens (tertiary/aromatic N) is 1. The van der Waals surface area contributed by atoms with Crippen LogP contribution in [-0.4, -0.2) is 37.2 Å². The summed E-state index contributed by atoms with van der Waals surface area (Å²) in [6, 6.07) is 6.04. The summed E-state index contributed by atoms with van der Waals surface area (Å²) in [6.07, 6.45) is 4.80. The maximum atomic E-state index is 10.8. The van der Waals surface area contributed by atoms with E-state index in [1.54, 1.807) is 31.2 Å². The van der Waals surface area contributed by atoms with Gasteiger partial charge in [0.15, 0.2) is 8.32 Å². The van der Waals surface area contributed by atoms with Crippen molar-refractivity contribution in [2.45, 2.75) is 64.3 Å². The normalized spacial score (nSPS) is 14.9. The third-order valence-electron chi connectivity index (χ3n) is 4.95. The molecular formula is C20H33NO5Si. The first-order chi connectivity index (χ1) is 12.3. The summed E-state index contributed by atoms with van der Waals surface area (Å²) < 4.78 is 11.6. The zero-order chi connectivity index (χ0) is 20.7. The fraction of sp³-hybridized carbons (Fsp3) is 0.600. The summed E-state index contributed by atoms with van der Waals surface area (Å²) in [5, 5.41) is 21.4. The molecule has 152 valence electrons. The van der Waals surface area contributed by atoms with Crippen LogP contribution in [0.25, 0.3) is 0 Å². The van der Waals surface area contributed by atoms with Crippen LogP contribution in [0.15, 0.2) is 36.4 Å². The Hall–Kier alpha value is -1.70. The highest BCUT2D eigenvalue weighted by Gasteiger charge is 2.36. The molecule has 0 aliphatic rings. The van der Waals surface area contributed by atoms with Crippen LogP contribution < -0.4 is 4.74 Å². The Bertz CT molecular complexity index is 650. The van der Waals surface area contributed by atoms with Crippen molar-refractivity contribution in [1.82, 2.24) is 0 Å². The van der Waals surface area contributed by atoms with Gasteiger partial charge in [-0.25, -0.2) is 0 Å². The van der Waals surface area contributed by atoms with E-state index in [0.717, 1.165) is 6.42 Å². The molecule has 0 heterocycles. The number of rotatable bonds is 10. The number of hydrogen-bond donors (Lipinski definition) is 1. The molecule has 1 rings (SSSR count). The Morgan fingerprint density at radius 1 is 1.26 bits per heavy atom. The van der Waals surface area contributed by atoms with Gasteiger partial charge in [0.1, 0.15) is 12.4 Å². The smallest absolute Gasteiger partial charge is 0.273 e. The lowest BCUT2D eigenvalue weighted by Crippen LogP contribution is -2.41. The number of hydrogen-bond acceptors (Lipinski definition) is 5. The minimum atomic E-state index is -1.75. The molecule has 0 spiro atoms. The van der Waals surface area contributed by atoms with Crippen LogP contribution in [0.4, 0.5) is 5.69 Å². The van der Waals surface area contributed by atoms with E-state index in [9.17, 15) is 15.2 Å². The molecule has 1 aromatic carbocycles. The van der Waals surface area contributed by atoms with E-state index in [-0.39, 0.29) is 17.3 Å². The number of aliphatic hydroxyl groups is 1. The average Bonchev–Trinajstić information content (AvgIpc) is 2.55. The molecule has 0 aromatic heterocycles. The molecule has 0 saturated carbocycles. The highest BCUT2D eigenvalue weighted by Crippen LogP contribution is 2.36. The minimum Gasteiger partial charge on any atom is -0.489 e. The maximum Gasteiger partial charge on any atom is 0.273 e. The first-order valence-electron chi connectivity index (χ1n) is 9.25. The lowest BCUT2D eigenvalue weighted by Gasteiger charge is -2.36. The summed E-state index contributed by atoms with van der Waals surface area (Å²) in [4.78, 5) is 10.3. The second-order valence-electron chi connectivity index (χ2n) is 8.54. The Morgan fingerprint density at radius 2 is 1.93 bits per heavy atom. The van der Waals surface area contributed by atoms with Crippen LogP contribution in [-0.2, 0) is 4.43 Å². The summed E-state index contributed by atoms with van der Waals surface area (Å²) in [6.45, 7) is 13.7.